The summed E-state index contributed by atoms with van der Waals surface area (Å²) >= 11 is 0. The lowest BCUT2D eigenvalue weighted by atomic mass is 10.0. The molecule has 0 saturated heterocycles. The summed E-state index contributed by atoms with van der Waals surface area (Å²) in [5.74, 6) is 0.133. The molecule has 2 heteroatoms. The molecule has 0 unspecified atom stereocenters. The maximum absolute atomic E-state index is 11.3. The zero-order valence-corrected chi connectivity index (χ0v) is 9.91. The van der Waals surface area contributed by atoms with E-state index in [1.807, 2.05) is 30.4 Å². The molecule has 1 rings (SSSR count). The molecule has 0 atom stereocenters. The van der Waals surface area contributed by atoms with Crippen molar-refractivity contribution >= 4 is 11.6 Å². The number of rotatable bonds is 3. The Balaban J connectivity index is 2.93. The third kappa shape index (κ3) is 3.46. The average Bonchev–Trinajstić information content (AvgIpc) is 2.43. The number of carbonyl (C=O) groups excluding carboxylic acids is 2. The van der Waals surface area contributed by atoms with Crippen molar-refractivity contribution in [3.8, 4) is 0 Å². The van der Waals surface area contributed by atoms with E-state index in [-0.39, 0.29) is 11.6 Å². The largest absolute Gasteiger partial charge is 0.295 e. The second-order valence-electron chi connectivity index (χ2n) is 3.93. The van der Waals surface area contributed by atoms with Gasteiger partial charge in [-0.3, -0.25) is 9.59 Å². The molecule has 0 aromatic heterocycles. The van der Waals surface area contributed by atoms with Gasteiger partial charge in [0.05, 0.1) is 0 Å². The standard InChI is InChI=1S/C14H16O2/c1-10(11(2)15)8-13-6-4-5-7-14(9-13)12(3)16/h4-8H,9H2,1-3H3/b10-8+. The van der Waals surface area contributed by atoms with Crippen LogP contribution >= 0.6 is 0 Å². The fourth-order valence-electron chi connectivity index (χ4n) is 1.41. The fraction of sp³-hybridized carbons (Fsp3) is 0.286. The third-order valence-corrected chi connectivity index (χ3v) is 2.52. The second kappa shape index (κ2) is 5.40. The van der Waals surface area contributed by atoms with Crippen molar-refractivity contribution < 1.29 is 9.59 Å². The SMILES string of the molecule is CC(=O)C1=CC=CC=C(/C=C(\C)C(C)=O)C1. The average molecular weight is 216 g/mol. The van der Waals surface area contributed by atoms with Gasteiger partial charge in [-0.15, -0.1) is 0 Å². The summed E-state index contributed by atoms with van der Waals surface area (Å²) in [4.78, 5) is 22.4. The molecule has 0 N–H and O–H groups in total. The van der Waals surface area contributed by atoms with Crippen LogP contribution in [0.4, 0.5) is 0 Å². The van der Waals surface area contributed by atoms with Gasteiger partial charge in [-0.1, -0.05) is 30.4 Å². The van der Waals surface area contributed by atoms with E-state index in [2.05, 4.69) is 0 Å². The van der Waals surface area contributed by atoms with Crippen LogP contribution in [0.5, 0.6) is 0 Å². The van der Waals surface area contributed by atoms with Crippen molar-refractivity contribution in [3.63, 3.8) is 0 Å². The molecule has 2 nitrogen and oxygen atoms in total. The lowest BCUT2D eigenvalue weighted by molar-refractivity contribution is -0.114. The van der Waals surface area contributed by atoms with Gasteiger partial charge in [0, 0.05) is 6.42 Å². The highest BCUT2D eigenvalue weighted by Gasteiger charge is 2.07. The molecular weight excluding hydrogens is 200 g/mol. The molecule has 0 saturated carbocycles. The summed E-state index contributed by atoms with van der Waals surface area (Å²) in [5.41, 5.74) is 2.47. The van der Waals surface area contributed by atoms with E-state index in [0.29, 0.717) is 12.0 Å². The van der Waals surface area contributed by atoms with Crippen molar-refractivity contribution in [1.29, 1.82) is 0 Å². The van der Waals surface area contributed by atoms with Crippen LogP contribution in [0.2, 0.25) is 0 Å². The normalized spacial score (nSPS) is 16.3. The predicted octanol–water partition coefficient (Wildman–Crippen LogP) is 2.92. The minimum absolute atomic E-state index is 0.0579. The van der Waals surface area contributed by atoms with E-state index in [0.717, 1.165) is 11.1 Å². The monoisotopic (exact) mass is 216 g/mol. The first-order chi connectivity index (χ1) is 7.50. The van der Waals surface area contributed by atoms with Crippen LogP contribution in [0, 0.1) is 0 Å². The Morgan fingerprint density at radius 2 is 1.75 bits per heavy atom. The zero-order valence-electron chi connectivity index (χ0n) is 9.91. The molecule has 0 aromatic carbocycles. The first kappa shape index (κ1) is 12.4. The maximum Gasteiger partial charge on any atom is 0.156 e. The Bertz CT molecular complexity index is 432. The van der Waals surface area contributed by atoms with Crippen LogP contribution in [0.1, 0.15) is 27.2 Å². The van der Waals surface area contributed by atoms with E-state index >= 15 is 0 Å². The van der Waals surface area contributed by atoms with Crippen LogP contribution in [0.3, 0.4) is 0 Å². The lowest BCUT2D eigenvalue weighted by Gasteiger charge is -2.03. The molecule has 0 aliphatic heterocycles. The first-order valence-electron chi connectivity index (χ1n) is 5.27. The van der Waals surface area contributed by atoms with E-state index < -0.39 is 0 Å². The Labute approximate surface area is 96.0 Å². The Morgan fingerprint density at radius 3 is 2.31 bits per heavy atom. The number of allylic oxidation sites excluding steroid dienone is 8. The van der Waals surface area contributed by atoms with Gasteiger partial charge in [0.1, 0.15) is 0 Å². The third-order valence-electron chi connectivity index (χ3n) is 2.52. The summed E-state index contributed by atoms with van der Waals surface area (Å²) in [6.45, 7) is 4.89. The lowest BCUT2D eigenvalue weighted by Crippen LogP contribution is -1.98. The fourth-order valence-corrected chi connectivity index (χ4v) is 1.41. The van der Waals surface area contributed by atoms with Gasteiger partial charge in [-0.2, -0.15) is 0 Å². The molecule has 0 aromatic rings. The summed E-state index contributed by atoms with van der Waals surface area (Å²) in [6.07, 6.45) is 9.92. The molecule has 0 amide bonds. The van der Waals surface area contributed by atoms with Gasteiger partial charge in [-0.25, -0.2) is 0 Å². The molecule has 0 spiro atoms. The van der Waals surface area contributed by atoms with Gasteiger partial charge >= 0.3 is 0 Å². The van der Waals surface area contributed by atoms with E-state index in [9.17, 15) is 9.59 Å². The Kier molecular flexibility index (Phi) is 4.18. The molecular formula is C14H16O2. The van der Waals surface area contributed by atoms with Crippen molar-refractivity contribution in [2.75, 3.05) is 0 Å². The molecule has 0 heterocycles. The molecule has 0 fully saturated rings. The molecule has 0 radical (unpaired) electrons. The minimum Gasteiger partial charge on any atom is -0.295 e. The highest BCUT2D eigenvalue weighted by Crippen LogP contribution is 2.18. The van der Waals surface area contributed by atoms with Gasteiger partial charge in [0.2, 0.25) is 0 Å². The van der Waals surface area contributed by atoms with Crippen LogP contribution in [0.15, 0.2) is 47.1 Å². The summed E-state index contributed by atoms with van der Waals surface area (Å²) in [5, 5.41) is 0. The van der Waals surface area contributed by atoms with Crippen LogP contribution in [-0.4, -0.2) is 11.6 Å². The van der Waals surface area contributed by atoms with Crippen LogP contribution < -0.4 is 0 Å². The highest BCUT2D eigenvalue weighted by atomic mass is 16.1. The van der Waals surface area contributed by atoms with Crippen LogP contribution in [-0.2, 0) is 9.59 Å². The molecule has 84 valence electrons. The van der Waals surface area contributed by atoms with E-state index in [1.54, 1.807) is 20.8 Å². The second-order valence-corrected chi connectivity index (χ2v) is 3.93. The van der Waals surface area contributed by atoms with Crippen molar-refractivity contribution in [2.24, 2.45) is 0 Å². The van der Waals surface area contributed by atoms with Crippen molar-refractivity contribution in [2.45, 2.75) is 27.2 Å². The minimum atomic E-state index is 0.0579. The number of ketones is 2. The molecule has 1 aliphatic carbocycles. The number of carbonyl (C=O) groups is 2. The van der Waals surface area contributed by atoms with Crippen molar-refractivity contribution in [1.82, 2.24) is 0 Å². The quantitative estimate of drug-likeness (QED) is 0.680. The number of Topliss-reactive ketones (excluding diaryl/α,β-unsaturated/α-hetero) is 2. The number of hydrogen-bond donors (Lipinski definition) is 0. The van der Waals surface area contributed by atoms with Gasteiger partial charge in [0.25, 0.3) is 0 Å². The zero-order chi connectivity index (χ0) is 12.1. The topological polar surface area (TPSA) is 34.1 Å². The number of hydrogen-bond acceptors (Lipinski definition) is 2. The Morgan fingerprint density at radius 1 is 1.12 bits per heavy atom. The van der Waals surface area contributed by atoms with Gasteiger partial charge < -0.3 is 0 Å². The highest BCUT2D eigenvalue weighted by molar-refractivity contribution is 5.95. The van der Waals surface area contributed by atoms with Gasteiger partial charge in [-0.05, 0) is 37.5 Å². The van der Waals surface area contributed by atoms with Gasteiger partial charge in [0.15, 0.2) is 11.6 Å². The predicted molar refractivity (Wildman–Crippen MR) is 65.0 cm³/mol. The molecule has 1 aliphatic rings. The van der Waals surface area contributed by atoms with Crippen LogP contribution in [0.25, 0.3) is 0 Å². The Hall–Kier alpha value is -1.70. The maximum atomic E-state index is 11.3. The molecule has 0 bridgehead atoms. The first-order valence-corrected chi connectivity index (χ1v) is 5.27. The summed E-state index contributed by atoms with van der Waals surface area (Å²) in [7, 11) is 0. The van der Waals surface area contributed by atoms with E-state index in [1.165, 1.54) is 0 Å². The summed E-state index contributed by atoms with van der Waals surface area (Å²) < 4.78 is 0. The smallest absolute Gasteiger partial charge is 0.156 e. The molecule has 16 heavy (non-hydrogen) atoms. The summed E-state index contributed by atoms with van der Waals surface area (Å²) in [6, 6.07) is 0. The van der Waals surface area contributed by atoms with E-state index in [4.69, 9.17) is 0 Å². The van der Waals surface area contributed by atoms with Crippen molar-refractivity contribution in [3.05, 3.63) is 47.1 Å².